The van der Waals surface area contributed by atoms with Gasteiger partial charge in [0.05, 0.1) is 11.6 Å². The van der Waals surface area contributed by atoms with E-state index in [4.69, 9.17) is 14.2 Å². The van der Waals surface area contributed by atoms with Crippen LogP contribution in [0.25, 0.3) is 0 Å². The summed E-state index contributed by atoms with van der Waals surface area (Å²) in [4.78, 5) is 12.3. The Balaban J connectivity index is 2.11. The predicted molar refractivity (Wildman–Crippen MR) is 110 cm³/mol. The fourth-order valence-corrected chi connectivity index (χ4v) is 2.70. The van der Waals surface area contributed by atoms with Crippen LogP contribution in [-0.2, 0) is 16.1 Å². The van der Waals surface area contributed by atoms with Crippen LogP contribution in [0.3, 0.4) is 0 Å². The Morgan fingerprint density at radius 2 is 1.57 bits per heavy atom. The summed E-state index contributed by atoms with van der Waals surface area (Å²) < 4.78 is 16.9. The number of nitrogens with one attached hydrogen (secondary N) is 1. The van der Waals surface area contributed by atoms with Crippen LogP contribution in [0, 0.1) is 0 Å². The molecule has 0 fully saturated rings. The normalized spacial score (nSPS) is 12.9. The zero-order valence-corrected chi connectivity index (χ0v) is 17.6. The molecule has 28 heavy (non-hydrogen) atoms. The van der Waals surface area contributed by atoms with E-state index >= 15 is 0 Å². The molecular formula is C23H31NO4. The topological polar surface area (TPSA) is 56.8 Å². The quantitative estimate of drug-likeness (QED) is 0.707. The summed E-state index contributed by atoms with van der Waals surface area (Å²) in [6.45, 7) is 9.86. The van der Waals surface area contributed by atoms with Gasteiger partial charge in [-0.3, -0.25) is 0 Å². The van der Waals surface area contributed by atoms with E-state index in [-0.39, 0.29) is 6.04 Å². The molecule has 5 heteroatoms. The molecule has 0 aliphatic heterocycles. The minimum Gasteiger partial charge on any atom is -0.489 e. The number of methoxy groups -OCH3 is 1. The molecule has 5 nitrogen and oxygen atoms in total. The van der Waals surface area contributed by atoms with Gasteiger partial charge in [0, 0.05) is 7.11 Å². The van der Waals surface area contributed by atoms with E-state index in [9.17, 15) is 4.79 Å². The number of carbonyl (C=O) groups excluding carboxylic acids is 1. The number of benzene rings is 2. The lowest BCUT2D eigenvalue weighted by Crippen LogP contribution is -2.45. The van der Waals surface area contributed by atoms with Gasteiger partial charge in [-0.05, 0) is 57.9 Å². The van der Waals surface area contributed by atoms with Crippen molar-refractivity contribution < 1.29 is 19.0 Å². The van der Waals surface area contributed by atoms with Gasteiger partial charge in [0.15, 0.2) is 0 Å². The molecule has 152 valence electrons. The zero-order valence-electron chi connectivity index (χ0n) is 17.6. The summed E-state index contributed by atoms with van der Waals surface area (Å²) in [5.41, 5.74) is 0.825. The van der Waals surface area contributed by atoms with Crippen molar-refractivity contribution in [1.29, 1.82) is 0 Å². The van der Waals surface area contributed by atoms with Crippen molar-refractivity contribution in [2.75, 3.05) is 7.11 Å². The van der Waals surface area contributed by atoms with E-state index < -0.39 is 17.3 Å². The molecule has 0 aromatic heterocycles. The number of alkyl carbamates (subject to hydrolysis) is 1. The molecule has 2 aromatic carbocycles. The second kappa shape index (κ2) is 9.11. The van der Waals surface area contributed by atoms with Crippen LogP contribution < -0.4 is 10.1 Å². The highest BCUT2D eigenvalue weighted by Crippen LogP contribution is 2.30. The fraction of sp³-hybridized carbons (Fsp3) is 0.435. The summed E-state index contributed by atoms with van der Waals surface area (Å²) in [5.74, 6) is 0.763. The molecule has 2 rings (SSSR count). The maximum atomic E-state index is 12.3. The summed E-state index contributed by atoms with van der Waals surface area (Å²) in [6.07, 6.45) is -0.480. The van der Waals surface area contributed by atoms with Gasteiger partial charge in [0.1, 0.15) is 18.0 Å². The highest BCUT2D eigenvalue weighted by atomic mass is 16.6. The molecule has 0 unspecified atom stereocenters. The SMILES string of the molecule is COC(C)(C)[C@H](NC(=O)OC(C)(C)C)c1ccc(OCc2ccccc2)cc1. The van der Waals surface area contributed by atoms with Crippen LogP contribution in [0.15, 0.2) is 54.6 Å². The van der Waals surface area contributed by atoms with Crippen molar-refractivity contribution in [2.45, 2.75) is 58.5 Å². The number of hydrogen-bond donors (Lipinski definition) is 1. The predicted octanol–water partition coefficient (Wildman–Crippen LogP) is 5.26. The van der Waals surface area contributed by atoms with Crippen molar-refractivity contribution in [3.05, 3.63) is 65.7 Å². The van der Waals surface area contributed by atoms with Crippen molar-refractivity contribution in [2.24, 2.45) is 0 Å². The Morgan fingerprint density at radius 1 is 0.964 bits per heavy atom. The average Bonchev–Trinajstić information content (AvgIpc) is 2.64. The van der Waals surface area contributed by atoms with Gasteiger partial charge < -0.3 is 19.5 Å². The molecule has 0 saturated heterocycles. The first-order valence-electron chi connectivity index (χ1n) is 9.42. The zero-order chi connectivity index (χ0) is 20.8. The largest absolute Gasteiger partial charge is 0.489 e. The third-order valence-corrected chi connectivity index (χ3v) is 4.34. The van der Waals surface area contributed by atoms with Crippen LogP contribution in [0.1, 0.15) is 51.8 Å². The van der Waals surface area contributed by atoms with Gasteiger partial charge in [-0.15, -0.1) is 0 Å². The number of ether oxygens (including phenoxy) is 3. The molecular weight excluding hydrogens is 354 g/mol. The van der Waals surface area contributed by atoms with E-state index in [1.54, 1.807) is 7.11 Å². The second-order valence-corrected chi connectivity index (χ2v) is 8.23. The molecule has 0 aliphatic rings. The molecule has 0 heterocycles. The lowest BCUT2D eigenvalue weighted by molar-refractivity contribution is -0.0171. The Labute approximate surface area is 168 Å². The standard InChI is InChI=1S/C23H31NO4/c1-22(2,3)28-21(25)24-20(23(4,5)26-6)18-12-14-19(15-13-18)27-16-17-10-8-7-9-11-17/h7-15,20H,16H2,1-6H3,(H,24,25)/t20-/m1/s1. The summed E-state index contributed by atoms with van der Waals surface area (Å²) in [5, 5.41) is 2.93. The van der Waals surface area contributed by atoms with Crippen LogP contribution in [0.2, 0.25) is 0 Å². The van der Waals surface area contributed by atoms with E-state index in [1.165, 1.54) is 0 Å². The summed E-state index contributed by atoms with van der Waals surface area (Å²) in [6, 6.07) is 17.3. The van der Waals surface area contributed by atoms with Crippen LogP contribution >= 0.6 is 0 Å². The van der Waals surface area contributed by atoms with Gasteiger partial charge >= 0.3 is 6.09 Å². The van der Waals surface area contributed by atoms with Gasteiger partial charge in [0.25, 0.3) is 0 Å². The van der Waals surface area contributed by atoms with E-state index in [0.717, 1.165) is 16.9 Å². The Kier molecular flexibility index (Phi) is 7.08. The first-order chi connectivity index (χ1) is 13.1. The number of rotatable bonds is 7. The monoisotopic (exact) mass is 385 g/mol. The third-order valence-electron chi connectivity index (χ3n) is 4.34. The molecule has 0 saturated carbocycles. The Bertz CT molecular complexity index is 748. The van der Waals surface area contributed by atoms with Crippen LogP contribution in [0.5, 0.6) is 5.75 Å². The van der Waals surface area contributed by atoms with Gasteiger partial charge in [-0.25, -0.2) is 4.79 Å². The molecule has 1 N–H and O–H groups in total. The van der Waals surface area contributed by atoms with Crippen molar-refractivity contribution in [3.63, 3.8) is 0 Å². The third kappa shape index (κ3) is 6.57. The molecule has 0 spiro atoms. The van der Waals surface area contributed by atoms with Gasteiger partial charge in [-0.1, -0.05) is 42.5 Å². The Morgan fingerprint density at radius 3 is 2.11 bits per heavy atom. The highest BCUT2D eigenvalue weighted by molar-refractivity contribution is 5.68. The minimum absolute atomic E-state index is 0.379. The molecule has 1 amide bonds. The Hall–Kier alpha value is -2.53. The molecule has 0 bridgehead atoms. The number of hydrogen-bond acceptors (Lipinski definition) is 4. The molecule has 2 aromatic rings. The second-order valence-electron chi connectivity index (χ2n) is 8.23. The minimum atomic E-state index is -0.622. The molecule has 0 radical (unpaired) electrons. The van der Waals surface area contributed by atoms with Crippen molar-refractivity contribution >= 4 is 6.09 Å². The van der Waals surface area contributed by atoms with Gasteiger partial charge in [0.2, 0.25) is 0 Å². The number of amides is 1. The maximum absolute atomic E-state index is 12.3. The first kappa shape index (κ1) is 21.8. The van der Waals surface area contributed by atoms with Crippen LogP contribution in [-0.4, -0.2) is 24.4 Å². The van der Waals surface area contributed by atoms with E-state index in [1.807, 2.05) is 89.2 Å². The lowest BCUT2D eigenvalue weighted by Gasteiger charge is -2.34. The number of carbonyl (C=O) groups is 1. The first-order valence-corrected chi connectivity index (χ1v) is 9.42. The van der Waals surface area contributed by atoms with E-state index in [0.29, 0.717) is 6.61 Å². The van der Waals surface area contributed by atoms with Crippen LogP contribution in [0.4, 0.5) is 4.79 Å². The highest BCUT2D eigenvalue weighted by Gasteiger charge is 2.33. The summed E-state index contributed by atoms with van der Waals surface area (Å²) in [7, 11) is 1.63. The maximum Gasteiger partial charge on any atom is 0.408 e. The molecule has 1 atom stereocenters. The van der Waals surface area contributed by atoms with Gasteiger partial charge in [-0.2, -0.15) is 0 Å². The average molecular weight is 386 g/mol. The van der Waals surface area contributed by atoms with Crippen molar-refractivity contribution in [3.8, 4) is 5.75 Å². The van der Waals surface area contributed by atoms with E-state index in [2.05, 4.69) is 5.32 Å². The summed E-state index contributed by atoms with van der Waals surface area (Å²) >= 11 is 0. The lowest BCUT2D eigenvalue weighted by atomic mass is 9.91. The van der Waals surface area contributed by atoms with Crippen molar-refractivity contribution in [1.82, 2.24) is 5.32 Å². The molecule has 0 aliphatic carbocycles. The smallest absolute Gasteiger partial charge is 0.408 e. The fourth-order valence-electron chi connectivity index (χ4n) is 2.70.